The zero-order valence-corrected chi connectivity index (χ0v) is 14.2. The molecular formula is C18H23N3O3. The third-order valence-corrected chi connectivity index (χ3v) is 4.36. The molecule has 6 heteroatoms. The Kier molecular flexibility index (Phi) is 4.22. The summed E-state index contributed by atoms with van der Waals surface area (Å²) < 4.78 is 5.18. The Morgan fingerprint density at radius 2 is 2.00 bits per heavy atom. The molecule has 1 unspecified atom stereocenters. The highest BCUT2D eigenvalue weighted by atomic mass is 16.5. The fourth-order valence-corrected chi connectivity index (χ4v) is 3.20. The van der Waals surface area contributed by atoms with Crippen LogP contribution in [0.2, 0.25) is 0 Å². The maximum atomic E-state index is 11.3. The Morgan fingerprint density at radius 3 is 2.62 bits per heavy atom. The molecule has 1 heterocycles. The monoisotopic (exact) mass is 329 g/mol. The molecule has 0 fully saturated rings. The van der Waals surface area contributed by atoms with Crippen LogP contribution in [0, 0.1) is 5.41 Å². The van der Waals surface area contributed by atoms with Gasteiger partial charge in [0, 0.05) is 12.2 Å². The van der Waals surface area contributed by atoms with Gasteiger partial charge in [0.25, 0.3) is 0 Å². The van der Waals surface area contributed by atoms with Gasteiger partial charge in [0.2, 0.25) is 0 Å². The second kappa shape index (κ2) is 6.19. The molecule has 6 nitrogen and oxygen atoms in total. The number of carboxylic acids is 1. The molecule has 3 rings (SSSR count). The number of hydrogen-bond donors (Lipinski definition) is 3. The quantitative estimate of drug-likeness (QED) is 0.793. The summed E-state index contributed by atoms with van der Waals surface area (Å²) in [7, 11) is 1.64. The summed E-state index contributed by atoms with van der Waals surface area (Å²) in [5.41, 5.74) is 3.74. The van der Waals surface area contributed by atoms with Crippen molar-refractivity contribution >= 4 is 17.4 Å². The summed E-state index contributed by atoms with van der Waals surface area (Å²) >= 11 is 0. The molecule has 0 radical (unpaired) electrons. The first-order valence-corrected chi connectivity index (χ1v) is 8.06. The van der Waals surface area contributed by atoms with Gasteiger partial charge in [0.1, 0.15) is 11.8 Å². The number of benzene rings is 1. The van der Waals surface area contributed by atoms with Crippen molar-refractivity contribution in [1.82, 2.24) is 10.6 Å². The van der Waals surface area contributed by atoms with Gasteiger partial charge in [0.05, 0.1) is 24.2 Å². The van der Waals surface area contributed by atoms with E-state index in [-0.39, 0.29) is 5.41 Å². The molecule has 1 atom stereocenters. The molecule has 0 saturated carbocycles. The van der Waals surface area contributed by atoms with Gasteiger partial charge >= 0.3 is 5.97 Å². The fourth-order valence-electron chi connectivity index (χ4n) is 3.20. The third kappa shape index (κ3) is 3.37. The number of carboxylic acid groups (broad SMARTS) is 1. The van der Waals surface area contributed by atoms with Crippen molar-refractivity contribution in [3.63, 3.8) is 0 Å². The Morgan fingerprint density at radius 1 is 1.29 bits per heavy atom. The first kappa shape index (κ1) is 16.4. The van der Waals surface area contributed by atoms with Crippen molar-refractivity contribution in [2.24, 2.45) is 10.4 Å². The lowest BCUT2D eigenvalue weighted by atomic mass is 9.76. The van der Waals surface area contributed by atoms with Gasteiger partial charge in [-0.25, -0.2) is 4.79 Å². The van der Waals surface area contributed by atoms with Crippen molar-refractivity contribution in [2.45, 2.75) is 32.7 Å². The zero-order valence-electron chi connectivity index (χ0n) is 14.2. The lowest BCUT2D eigenvalue weighted by Crippen LogP contribution is -2.52. The molecule has 0 saturated heterocycles. The highest BCUT2D eigenvalue weighted by Crippen LogP contribution is 2.37. The summed E-state index contributed by atoms with van der Waals surface area (Å²) in [5.74, 6) is -0.0457. The lowest BCUT2D eigenvalue weighted by Gasteiger charge is -2.39. The van der Waals surface area contributed by atoms with Crippen molar-refractivity contribution in [3.05, 3.63) is 35.7 Å². The van der Waals surface area contributed by atoms with Crippen LogP contribution < -0.4 is 15.4 Å². The van der Waals surface area contributed by atoms with E-state index in [0.717, 1.165) is 41.4 Å². The van der Waals surface area contributed by atoms with Crippen LogP contribution in [-0.4, -0.2) is 36.5 Å². The topological polar surface area (TPSA) is 83.0 Å². The number of methoxy groups -OCH3 is 1. The van der Waals surface area contributed by atoms with Gasteiger partial charge < -0.3 is 20.5 Å². The molecule has 1 aliphatic heterocycles. The number of hydrogen-bond acceptors (Lipinski definition) is 5. The average Bonchev–Trinajstić information content (AvgIpc) is 2.54. The fraction of sp³-hybridized carbons (Fsp3) is 0.444. The first-order chi connectivity index (χ1) is 11.4. The molecular weight excluding hydrogens is 306 g/mol. The normalized spacial score (nSPS) is 24.0. The Balaban J connectivity index is 1.94. The molecule has 0 spiro atoms. The van der Waals surface area contributed by atoms with E-state index in [4.69, 9.17) is 9.73 Å². The van der Waals surface area contributed by atoms with E-state index < -0.39 is 12.0 Å². The number of allylic oxidation sites excluding steroid dienone is 2. The Bertz CT molecular complexity index is 705. The molecule has 2 aliphatic rings. The molecule has 1 aromatic carbocycles. The maximum Gasteiger partial charge on any atom is 0.327 e. The smallest absolute Gasteiger partial charge is 0.327 e. The minimum atomic E-state index is -0.842. The third-order valence-electron chi connectivity index (χ3n) is 4.36. The lowest BCUT2D eigenvalue weighted by molar-refractivity contribution is -0.139. The first-order valence-electron chi connectivity index (χ1n) is 8.06. The molecule has 1 aliphatic carbocycles. The van der Waals surface area contributed by atoms with E-state index in [1.165, 1.54) is 0 Å². The molecule has 1 aromatic rings. The number of aliphatic imine (C=N–C) groups is 1. The van der Waals surface area contributed by atoms with E-state index in [2.05, 4.69) is 24.5 Å². The van der Waals surface area contributed by atoms with Crippen LogP contribution in [0.25, 0.3) is 0 Å². The summed E-state index contributed by atoms with van der Waals surface area (Å²) in [6.45, 7) is 4.70. The van der Waals surface area contributed by atoms with Crippen molar-refractivity contribution < 1.29 is 14.6 Å². The van der Waals surface area contributed by atoms with Gasteiger partial charge in [-0.1, -0.05) is 13.8 Å². The van der Waals surface area contributed by atoms with E-state index >= 15 is 0 Å². The summed E-state index contributed by atoms with van der Waals surface area (Å²) in [5, 5.41) is 15.7. The van der Waals surface area contributed by atoms with Crippen LogP contribution in [0.4, 0.5) is 5.69 Å². The zero-order chi connectivity index (χ0) is 17.3. The van der Waals surface area contributed by atoms with Gasteiger partial charge in [0.15, 0.2) is 0 Å². The van der Waals surface area contributed by atoms with E-state index in [1.54, 1.807) is 7.11 Å². The molecule has 128 valence electrons. The van der Waals surface area contributed by atoms with Gasteiger partial charge in [-0.3, -0.25) is 4.99 Å². The van der Waals surface area contributed by atoms with Crippen LogP contribution in [0.3, 0.4) is 0 Å². The van der Waals surface area contributed by atoms with Crippen molar-refractivity contribution in [1.29, 1.82) is 0 Å². The molecule has 24 heavy (non-hydrogen) atoms. The highest BCUT2D eigenvalue weighted by Gasteiger charge is 2.36. The minimum Gasteiger partial charge on any atom is -0.497 e. The SMILES string of the molecule is COc1ccc(/N=C2\CC(C)(C)CC3=C2NCC(C(=O)O)N3)cc1. The van der Waals surface area contributed by atoms with Crippen molar-refractivity contribution in [3.8, 4) is 5.75 Å². The largest absolute Gasteiger partial charge is 0.497 e. The van der Waals surface area contributed by atoms with Crippen LogP contribution >= 0.6 is 0 Å². The summed E-state index contributed by atoms with van der Waals surface area (Å²) in [6.07, 6.45) is 1.64. The number of aliphatic carboxylic acids is 1. The second-order valence-corrected chi connectivity index (χ2v) is 7.04. The summed E-state index contributed by atoms with van der Waals surface area (Å²) in [4.78, 5) is 16.1. The molecule has 0 aromatic heterocycles. The van der Waals surface area contributed by atoms with E-state index in [1.807, 2.05) is 24.3 Å². The van der Waals surface area contributed by atoms with Crippen LogP contribution in [0.1, 0.15) is 26.7 Å². The Labute approximate surface area is 141 Å². The van der Waals surface area contributed by atoms with Gasteiger partial charge in [-0.2, -0.15) is 0 Å². The Hall–Kier alpha value is -2.50. The van der Waals surface area contributed by atoms with Crippen molar-refractivity contribution in [2.75, 3.05) is 13.7 Å². The van der Waals surface area contributed by atoms with E-state index in [9.17, 15) is 9.90 Å². The molecule has 0 amide bonds. The highest BCUT2D eigenvalue weighted by molar-refractivity contribution is 6.03. The minimum absolute atomic E-state index is 0.0270. The number of nitrogens with one attached hydrogen (secondary N) is 2. The van der Waals surface area contributed by atoms with Crippen LogP contribution in [0.5, 0.6) is 5.75 Å². The average molecular weight is 329 g/mol. The molecule has 0 bridgehead atoms. The number of nitrogens with zero attached hydrogens (tertiary/aromatic N) is 1. The summed E-state index contributed by atoms with van der Waals surface area (Å²) in [6, 6.07) is 7.01. The van der Waals surface area contributed by atoms with Gasteiger partial charge in [-0.05, 0) is 42.5 Å². The maximum absolute atomic E-state index is 11.3. The standard InChI is InChI=1S/C18H23N3O3/c1-18(2)8-13(20-11-4-6-12(24-3)7-5-11)16-14(9-18)21-15(10-19-16)17(22)23/h4-7,15,19,21H,8-10H2,1-3H3,(H,22,23)/b20-13+. The number of rotatable bonds is 3. The van der Waals surface area contributed by atoms with Gasteiger partial charge in [-0.15, -0.1) is 0 Å². The van der Waals surface area contributed by atoms with E-state index in [0.29, 0.717) is 6.54 Å². The molecule has 3 N–H and O–H groups in total. The predicted molar refractivity (Wildman–Crippen MR) is 92.7 cm³/mol. The van der Waals surface area contributed by atoms with Crippen LogP contribution in [0.15, 0.2) is 40.7 Å². The number of ether oxygens (including phenoxy) is 1. The second-order valence-electron chi connectivity index (χ2n) is 7.04. The predicted octanol–water partition coefficient (Wildman–Crippen LogP) is 2.45. The number of carbonyl (C=O) groups is 1. The van der Waals surface area contributed by atoms with Crippen LogP contribution in [-0.2, 0) is 4.79 Å².